The van der Waals surface area contributed by atoms with Gasteiger partial charge in [-0.05, 0) is 6.07 Å². The Labute approximate surface area is 119 Å². The number of amides is 1. The highest BCUT2D eigenvalue weighted by atomic mass is 35.5. The van der Waals surface area contributed by atoms with Crippen LogP contribution in [0.4, 0.5) is 0 Å². The molecule has 1 aromatic heterocycles. The summed E-state index contributed by atoms with van der Waals surface area (Å²) in [5, 5.41) is 0. The Bertz CT molecular complexity index is 489. The van der Waals surface area contributed by atoms with Gasteiger partial charge in [0.15, 0.2) is 5.78 Å². The normalized spacial score (nSPS) is 17.3. The summed E-state index contributed by atoms with van der Waals surface area (Å²) in [6, 6.07) is 1.58. The topological polar surface area (TPSA) is 40.6 Å². The van der Waals surface area contributed by atoms with Gasteiger partial charge in [0.2, 0.25) is 5.91 Å². The average molecular weight is 307 g/mol. The molecule has 18 heavy (non-hydrogen) atoms. The SMILES string of the molecule is CN1CCN(CC(=O)c2cc(Cl)sc2Cl)CC1=O. The summed E-state index contributed by atoms with van der Waals surface area (Å²) in [7, 11) is 1.76. The van der Waals surface area contributed by atoms with E-state index in [4.69, 9.17) is 23.2 Å². The highest BCUT2D eigenvalue weighted by Crippen LogP contribution is 2.31. The highest BCUT2D eigenvalue weighted by Gasteiger charge is 2.24. The molecule has 2 rings (SSSR count). The molecule has 1 aromatic rings. The lowest BCUT2D eigenvalue weighted by Crippen LogP contribution is -2.49. The minimum Gasteiger partial charge on any atom is -0.343 e. The number of thiophene rings is 1. The second-order valence-corrected chi connectivity index (χ2v) is 6.47. The van der Waals surface area contributed by atoms with Crippen molar-refractivity contribution in [3.8, 4) is 0 Å². The van der Waals surface area contributed by atoms with E-state index in [-0.39, 0.29) is 24.8 Å². The molecule has 0 bridgehead atoms. The van der Waals surface area contributed by atoms with Crippen molar-refractivity contribution in [2.45, 2.75) is 0 Å². The first-order chi connectivity index (χ1) is 8.47. The van der Waals surface area contributed by atoms with Crippen LogP contribution >= 0.6 is 34.5 Å². The fraction of sp³-hybridized carbons (Fsp3) is 0.455. The van der Waals surface area contributed by atoms with Crippen LogP contribution in [0.15, 0.2) is 6.07 Å². The van der Waals surface area contributed by atoms with E-state index in [1.165, 1.54) is 11.3 Å². The van der Waals surface area contributed by atoms with Crippen molar-refractivity contribution >= 4 is 46.2 Å². The number of ketones is 1. The largest absolute Gasteiger partial charge is 0.343 e. The van der Waals surface area contributed by atoms with Crippen molar-refractivity contribution in [3.63, 3.8) is 0 Å². The van der Waals surface area contributed by atoms with Crippen molar-refractivity contribution in [2.75, 3.05) is 33.2 Å². The van der Waals surface area contributed by atoms with Gasteiger partial charge in [0, 0.05) is 20.1 Å². The van der Waals surface area contributed by atoms with Crippen molar-refractivity contribution in [1.29, 1.82) is 0 Å². The minimum absolute atomic E-state index is 0.0310. The third kappa shape index (κ3) is 3.03. The Hall–Kier alpha value is -0.620. The van der Waals surface area contributed by atoms with Crippen molar-refractivity contribution in [1.82, 2.24) is 9.80 Å². The maximum atomic E-state index is 12.0. The van der Waals surface area contributed by atoms with Crippen molar-refractivity contribution in [2.24, 2.45) is 0 Å². The molecule has 0 unspecified atom stereocenters. The number of piperazine rings is 1. The summed E-state index contributed by atoms with van der Waals surface area (Å²) in [5.41, 5.74) is 0.443. The molecule has 0 radical (unpaired) electrons. The number of rotatable bonds is 3. The van der Waals surface area contributed by atoms with Gasteiger partial charge in [0.25, 0.3) is 0 Å². The zero-order valence-electron chi connectivity index (χ0n) is 9.78. The molecule has 0 atom stereocenters. The fourth-order valence-electron chi connectivity index (χ4n) is 1.76. The molecule has 1 aliphatic heterocycles. The summed E-state index contributed by atoms with van der Waals surface area (Å²) >= 11 is 12.9. The zero-order valence-corrected chi connectivity index (χ0v) is 12.1. The summed E-state index contributed by atoms with van der Waals surface area (Å²) < 4.78 is 0.906. The van der Waals surface area contributed by atoms with Gasteiger partial charge in [0.05, 0.1) is 23.0 Å². The fourth-order valence-corrected chi connectivity index (χ4v) is 3.26. The van der Waals surface area contributed by atoms with Gasteiger partial charge in [-0.15, -0.1) is 11.3 Å². The number of carbonyl (C=O) groups is 2. The number of hydrogen-bond acceptors (Lipinski definition) is 4. The van der Waals surface area contributed by atoms with Gasteiger partial charge in [-0.2, -0.15) is 0 Å². The van der Waals surface area contributed by atoms with Gasteiger partial charge in [0.1, 0.15) is 4.34 Å². The van der Waals surface area contributed by atoms with E-state index < -0.39 is 0 Å². The molecule has 0 aromatic carbocycles. The van der Waals surface area contributed by atoms with Gasteiger partial charge in [-0.3, -0.25) is 14.5 Å². The molecule has 0 saturated carbocycles. The van der Waals surface area contributed by atoms with E-state index in [0.717, 1.165) is 0 Å². The zero-order chi connectivity index (χ0) is 13.3. The van der Waals surface area contributed by atoms with E-state index in [1.807, 2.05) is 4.90 Å². The first-order valence-electron chi connectivity index (χ1n) is 5.41. The Balaban J connectivity index is 2.00. The molecule has 1 aliphatic rings. The molecule has 1 saturated heterocycles. The smallest absolute Gasteiger partial charge is 0.236 e. The Morgan fingerprint density at radius 3 is 2.72 bits per heavy atom. The number of halogens is 2. The van der Waals surface area contributed by atoms with E-state index in [0.29, 0.717) is 27.3 Å². The molecular weight excluding hydrogens is 295 g/mol. The standard InChI is InChI=1S/C11H12Cl2N2O2S/c1-14-2-3-15(6-10(14)17)5-8(16)7-4-9(12)18-11(7)13/h4H,2-3,5-6H2,1H3. The first kappa shape index (κ1) is 13.8. The van der Waals surface area contributed by atoms with Crippen molar-refractivity contribution < 1.29 is 9.59 Å². The molecular formula is C11H12Cl2N2O2S. The van der Waals surface area contributed by atoms with Crippen LogP contribution in [0.5, 0.6) is 0 Å². The summed E-state index contributed by atoms with van der Waals surface area (Å²) in [6.45, 7) is 1.82. The van der Waals surface area contributed by atoms with E-state index in [9.17, 15) is 9.59 Å². The number of nitrogens with zero attached hydrogens (tertiary/aromatic N) is 2. The molecule has 2 heterocycles. The van der Waals surface area contributed by atoms with Crippen LogP contribution in [0.25, 0.3) is 0 Å². The minimum atomic E-state index is -0.0968. The molecule has 7 heteroatoms. The molecule has 1 fully saturated rings. The number of hydrogen-bond donors (Lipinski definition) is 0. The van der Waals surface area contributed by atoms with E-state index in [1.54, 1.807) is 18.0 Å². The predicted octanol–water partition coefficient (Wildman–Crippen LogP) is 2.01. The van der Waals surface area contributed by atoms with Gasteiger partial charge in [-0.25, -0.2) is 0 Å². The number of Topliss-reactive ketones (excluding diaryl/α,β-unsaturated/α-hetero) is 1. The van der Waals surface area contributed by atoms with Crippen LogP contribution in [0, 0.1) is 0 Å². The van der Waals surface area contributed by atoms with Crippen LogP contribution in [-0.2, 0) is 4.79 Å². The highest BCUT2D eigenvalue weighted by molar-refractivity contribution is 7.20. The Kier molecular flexibility index (Phi) is 4.27. The number of likely N-dealkylation sites (N-methyl/N-ethyl adjacent to an activating group) is 1. The lowest BCUT2D eigenvalue weighted by molar-refractivity contribution is -0.134. The Morgan fingerprint density at radius 1 is 1.44 bits per heavy atom. The maximum Gasteiger partial charge on any atom is 0.236 e. The molecule has 98 valence electrons. The van der Waals surface area contributed by atoms with Gasteiger partial charge < -0.3 is 4.90 Å². The maximum absolute atomic E-state index is 12.0. The van der Waals surface area contributed by atoms with Crippen molar-refractivity contribution in [3.05, 3.63) is 20.3 Å². The summed E-state index contributed by atoms with van der Waals surface area (Å²) in [5.74, 6) is -0.0657. The molecule has 0 aliphatic carbocycles. The van der Waals surface area contributed by atoms with Crippen LogP contribution in [0.3, 0.4) is 0 Å². The average Bonchev–Trinajstić information content (AvgIpc) is 2.63. The van der Waals surface area contributed by atoms with E-state index in [2.05, 4.69) is 0 Å². The third-order valence-electron chi connectivity index (χ3n) is 2.86. The van der Waals surface area contributed by atoms with Gasteiger partial charge >= 0.3 is 0 Å². The van der Waals surface area contributed by atoms with Crippen LogP contribution < -0.4 is 0 Å². The monoisotopic (exact) mass is 306 g/mol. The first-order valence-corrected chi connectivity index (χ1v) is 6.99. The molecule has 0 N–H and O–H groups in total. The lowest BCUT2D eigenvalue weighted by Gasteiger charge is -2.31. The summed E-state index contributed by atoms with van der Waals surface area (Å²) in [6.07, 6.45) is 0. The van der Waals surface area contributed by atoms with Crippen LogP contribution in [0.2, 0.25) is 8.67 Å². The third-order valence-corrected chi connectivity index (χ3v) is 4.35. The molecule has 4 nitrogen and oxygen atoms in total. The lowest BCUT2D eigenvalue weighted by atomic mass is 10.2. The second kappa shape index (κ2) is 5.57. The van der Waals surface area contributed by atoms with Crippen LogP contribution in [-0.4, -0.2) is 54.7 Å². The predicted molar refractivity (Wildman–Crippen MR) is 72.7 cm³/mol. The van der Waals surface area contributed by atoms with Gasteiger partial charge in [-0.1, -0.05) is 23.2 Å². The summed E-state index contributed by atoms with van der Waals surface area (Å²) in [4.78, 5) is 27.0. The number of carbonyl (C=O) groups excluding carboxylic acids is 2. The molecule has 0 spiro atoms. The second-order valence-electron chi connectivity index (χ2n) is 4.19. The van der Waals surface area contributed by atoms with E-state index >= 15 is 0 Å². The molecule has 1 amide bonds. The Morgan fingerprint density at radius 2 is 2.17 bits per heavy atom. The quantitative estimate of drug-likeness (QED) is 0.802. The van der Waals surface area contributed by atoms with Crippen LogP contribution in [0.1, 0.15) is 10.4 Å².